The van der Waals surface area contributed by atoms with Gasteiger partial charge < -0.3 is 25.7 Å². The summed E-state index contributed by atoms with van der Waals surface area (Å²) in [6.45, 7) is 0.346. The number of carbonyl (C=O) groups excluding carboxylic acids is 3. The molecular formula is C19H22N6O4. The van der Waals surface area contributed by atoms with Crippen molar-refractivity contribution in [1.82, 2.24) is 25.9 Å². The van der Waals surface area contributed by atoms with Gasteiger partial charge in [0.1, 0.15) is 11.7 Å². The zero-order valence-corrected chi connectivity index (χ0v) is 15.9. The van der Waals surface area contributed by atoms with Crippen LogP contribution in [0.4, 0.5) is 0 Å². The van der Waals surface area contributed by atoms with Crippen molar-refractivity contribution in [3.8, 4) is 11.9 Å². The highest BCUT2D eigenvalue weighted by Gasteiger charge is 2.26. The fourth-order valence-electron chi connectivity index (χ4n) is 3.30. The number of nitrogens with one attached hydrogen (secondary N) is 4. The number of aromatic nitrogens is 2. The van der Waals surface area contributed by atoms with Gasteiger partial charge in [0.2, 0.25) is 17.7 Å². The molecular weight excluding hydrogens is 376 g/mol. The molecule has 1 saturated heterocycles. The first-order chi connectivity index (χ1) is 14.0. The van der Waals surface area contributed by atoms with Crippen molar-refractivity contribution in [1.29, 1.82) is 5.26 Å². The second kappa shape index (κ2) is 9.05. The number of hydrogen-bond acceptors (Lipinski definition) is 6. The van der Waals surface area contributed by atoms with Gasteiger partial charge in [0, 0.05) is 18.7 Å². The third kappa shape index (κ3) is 4.82. The molecule has 3 rings (SSSR count). The average Bonchev–Trinajstić information content (AvgIpc) is 3.17. The molecule has 3 heterocycles. The molecule has 1 aliphatic rings. The second-order valence-corrected chi connectivity index (χ2v) is 6.76. The molecule has 0 bridgehead atoms. The first kappa shape index (κ1) is 20.1. The van der Waals surface area contributed by atoms with Crippen LogP contribution in [0, 0.1) is 17.2 Å². The van der Waals surface area contributed by atoms with E-state index in [1.165, 1.54) is 7.11 Å². The maximum absolute atomic E-state index is 12.3. The monoisotopic (exact) mass is 398 g/mol. The van der Waals surface area contributed by atoms with Crippen LogP contribution in [0.2, 0.25) is 0 Å². The number of pyridine rings is 1. The van der Waals surface area contributed by atoms with Crippen molar-refractivity contribution in [2.24, 2.45) is 5.92 Å². The SMILES string of the molecule is COc1nccc2[nH]c(C(=O)NCC(=O)N[C@H](C#N)C[C@@H]3CCCNC3=O)cc12. The zero-order chi connectivity index (χ0) is 20.8. The Morgan fingerprint density at radius 3 is 3.03 bits per heavy atom. The highest BCUT2D eigenvalue weighted by Crippen LogP contribution is 2.23. The van der Waals surface area contributed by atoms with Gasteiger partial charge in [0.05, 0.1) is 30.6 Å². The van der Waals surface area contributed by atoms with Gasteiger partial charge in [0.25, 0.3) is 5.91 Å². The van der Waals surface area contributed by atoms with E-state index in [1.54, 1.807) is 18.3 Å². The normalized spacial score (nSPS) is 17.1. The smallest absolute Gasteiger partial charge is 0.268 e. The van der Waals surface area contributed by atoms with Crippen LogP contribution in [-0.4, -0.2) is 53.9 Å². The maximum atomic E-state index is 12.3. The van der Waals surface area contributed by atoms with Crippen molar-refractivity contribution in [3.05, 3.63) is 24.0 Å². The molecule has 4 N–H and O–H groups in total. The topological polar surface area (TPSA) is 149 Å². The number of rotatable bonds is 7. The Morgan fingerprint density at radius 1 is 1.48 bits per heavy atom. The van der Waals surface area contributed by atoms with Crippen LogP contribution in [0.1, 0.15) is 29.8 Å². The Bertz CT molecular complexity index is 963. The van der Waals surface area contributed by atoms with Gasteiger partial charge in [-0.05, 0) is 31.4 Å². The van der Waals surface area contributed by atoms with Crippen LogP contribution >= 0.6 is 0 Å². The van der Waals surface area contributed by atoms with Gasteiger partial charge in [-0.25, -0.2) is 4.98 Å². The summed E-state index contributed by atoms with van der Waals surface area (Å²) < 4.78 is 5.16. The van der Waals surface area contributed by atoms with Crippen LogP contribution in [-0.2, 0) is 9.59 Å². The second-order valence-electron chi connectivity index (χ2n) is 6.76. The number of fused-ring (bicyclic) bond motifs is 1. The van der Waals surface area contributed by atoms with E-state index in [2.05, 4.69) is 25.9 Å². The lowest BCUT2D eigenvalue weighted by atomic mass is 9.92. The van der Waals surface area contributed by atoms with Crippen molar-refractivity contribution >= 4 is 28.6 Å². The third-order valence-electron chi connectivity index (χ3n) is 4.77. The molecule has 0 aromatic carbocycles. The van der Waals surface area contributed by atoms with E-state index in [0.717, 1.165) is 6.42 Å². The molecule has 3 amide bonds. The lowest BCUT2D eigenvalue weighted by Crippen LogP contribution is -2.44. The minimum absolute atomic E-state index is 0.0946. The van der Waals surface area contributed by atoms with E-state index in [4.69, 9.17) is 4.74 Å². The Balaban J connectivity index is 1.53. The molecule has 1 aliphatic heterocycles. The molecule has 1 fully saturated rings. The molecule has 10 heteroatoms. The van der Waals surface area contributed by atoms with Crippen LogP contribution in [0.5, 0.6) is 5.88 Å². The first-order valence-electron chi connectivity index (χ1n) is 9.28. The number of H-pyrrole nitrogens is 1. The molecule has 0 aliphatic carbocycles. The highest BCUT2D eigenvalue weighted by atomic mass is 16.5. The van der Waals surface area contributed by atoms with Gasteiger partial charge >= 0.3 is 0 Å². The Kier molecular flexibility index (Phi) is 6.29. The quantitative estimate of drug-likeness (QED) is 0.524. The number of nitriles is 1. The van der Waals surface area contributed by atoms with Crippen LogP contribution in [0.3, 0.4) is 0 Å². The number of hydrogen-bond donors (Lipinski definition) is 4. The standard InChI is InChI=1S/C19H22N6O4/c1-29-19-13-8-15(25-14(13)4-6-22-19)18(28)23-10-16(26)24-12(9-20)7-11-3-2-5-21-17(11)27/h4,6,8,11-12,25H,2-3,5,7,10H2,1H3,(H,21,27)(H,23,28)(H,24,26)/t11-,12-/m0/s1. The largest absolute Gasteiger partial charge is 0.481 e. The molecule has 10 nitrogen and oxygen atoms in total. The number of aromatic amines is 1. The molecule has 0 radical (unpaired) electrons. The summed E-state index contributed by atoms with van der Waals surface area (Å²) in [5, 5.41) is 17.7. The molecule has 0 spiro atoms. The van der Waals surface area contributed by atoms with E-state index in [0.29, 0.717) is 29.7 Å². The van der Waals surface area contributed by atoms with Gasteiger partial charge in [-0.3, -0.25) is 14.4 Å². The Morgan fingerprint density at radius 2 is 2.31 bits per heavy atom. The van der Waals surface area contributed by atoms with Crippen LogP contribution in [0.15, 0.2) is 18.3 Å². The van der Waals surface area contributed by atoms with E-state index >= 15 is 0 Å². The van der Waals surface area contributed by atoms with Gasteiger partial charge in [0.15, 0.2) is 0 Å². The van der Waals surface area contributed by atoms with Crippen molar-refractivity contribution < 1.29 is 19.1 Å². The molecule has 2 aromatic heterocycles. The zero-order valence-electron chi connectivity index (χ0n) is 15.9. The summed E-state index contributed by atoms with van der Waals surface area (Å²) in [5.74, 6) is -0.977. The summed E-state index contributed by atoms with van der Waals surface area (Å²) in [7, 11) is 1.49. The summed E-state index contributed by atoms with van der Waals surface area (Å²) in [6.07, 6.45) is 3.34. The van der Waals surface area contributed by atoms with Gasteiger partial charge in [-0.1, -0.05) is 0 Å². The molecule has 0 saturated carbocycles. The Hall–Kier alpha value is -3.61. The van der Waals surface area contributed by atoms with Crippen LogP contribution < -0.4 is 20.7 Å². The number of amides is 3. The van der Waals surface area contributed by atoms with E-state index < -0.39 is 17.9 Å². The van der Waals surface area contributed by atoms with E-state index in [-0.39, 0.29) is 30.5 Å². The Labute approximate surface area is 167 Å². The highest BCUT2D eigenvalue weighted by molar-refractivity contribution is 6.00. The van der Waals surface area contributed by atoms with E-state index in [9.17, 15) is 19.6 Å². The first-order valence-corrected chi connectivity index (χ1v) is 9.28. The minimum Gasteiger partial charge on any atom is -0.481 e. The van der Waals surface area contributed by atoms with Crippen molar-refractivity contribution in [3.63, 3.8) is 0 Å². The number of carbonyl (C=O) groups is 3. The summed E-state index contributed by atoms with van der Waals surface area (Å²) in [4.78, 5) is 43.3. The summed E-state index contributed by atoms with van der Waals surface area (Å²) in [6, 6.07) is 4.50. The van der Waals surface area contributed by atoms with Gasteiger partial charge in [-0.2, -0.15) is 5.26 Å². The lowest BCUT2D eigenvalue weighted by Gasteiger charge is -2.23. The van der Waals surface area contributed by atoms with E-state index in [1.807, 2.05) is 6.07 Å². The molecule has 2 aromatic rings. The van der Waals surface area contributed by atoms with Gasteiger partial charge in [-0.15, -0.1) is 0 Å². The fraction of sp³-hybridized carbons (Fsp3) is 0.421. The number of methoxy groups -OCH3 is 1. The lowest BCUT2D eigenvalue weighted by molar-refractivity contribution is -0.127. The van der Waals surface area contributed by atoms with Crippen molar-refractivity contribution in [2.45, 2.75) is 25.3 Å². The summed E-state index contributed by atoms with van der Waals surface area (Å²) in [5.41, 5.74) is 0.941. The number of ether oxygens (including phenoxy) is 1. The minimum atomic E-state index is -0.795. The maximum Gasteiger partial charge on any atom is 0.268 e. The number of piperidine rings is 1. The molecule has 0 unspecified atom stereocenters. The molecule has 29 heavy (non-hydrogen) atoms. The fourth-order valence-corrected chi connectivity index (χ4v) is 3.30. The molecule has 2 atom stereocenters. The average molecular weight is 398 g/mol. The number of nitrogens with zero attached hydrogens (tertiary/aromatic N) is 2. The third-order valence-corrected chi connectivity index (χ3v) is 4.77. The van der Waals surface area contributed by atoms with Crippen molar-refractivity contribution in [2.75, 3.05) is 20.2 Å². The van der Waals surface area contributed by atoms with Crippen LogP contribution in [0.25, 0.3) is 10.9 Å². The predicted molar refractivity (Wildman–Crippen MR) is 103 cm³/mol. The predicted octanol–water partition coefficient (Wildman–Crippen LogP) is 0.226. The summed E-state index contributed by atoms with van der Waals surface area (Å²) >= 11 is 0. The molecule has 152 valence electrons.